The fourth-order valence-corrected chi connectivity index (χ4v) is 14.5. The molecule has 30 nitrogen and oxygen atoms in total. The molecule has 0 aromatic heterocycles. The average Bonchev–Trinajstić information content (AvgIpc) is 0.768. The Morgan fingerprint density at radius 1 is 0.750 bits per heavy atom. The third-order valence-corrected chi connectivity index (χ3v) is 20.2. The van der Waals surface area contributed by atoms with Crippen LogP contribution in [0.15, 0.2) is 78.9 Å². The van der Waals surface area contributed by atoms with Gasteiger partial charge >= 0.3 is 5.97 Å². The number of primary amides is 1. The topological polar surface area (TPSA) is 494 Å². The van der Waals surface area contributed by atoms with Gasteiger partial charge in [-0.1, -0.05) is 69.1 Å². The number of phenolic OH excluding ortho intramolecular Hbond substituents is 3. The number of halogens is 2. The Morgan fingerprint density at radius 2 is 1.39 bits per heavy atom. The largest absolute Gasteiger partial charge is 0.508 e. The molecule has 7 aliphatic heterocycles. The van der Waals surface area contributed by atoms with Gasteiger partial charge in [-0.05, 0) is 122 Å². The van der Waals surface area contributed by atoms with Crippen molar-refractivity contribution in [2.24, 2.45) is 34.6 Å². The number of carbonyl (C=O) groups is 8. The number of phenols is 3. The summed E-state index contributed by atoms with van der Waals surface area (Å²) in [4.78, 5) is 118. The molecular weight excluding hydrogens is 1400 g/mol. The van der Waals surface area contributed by atoms with E-state index in [2.05, 4.69) is 21.3 Å². The van der Waals surface area contributed by atoms with Crippen molar-refractivity contribution in [1.29, 1.82) is 0 Å². The molecule has 12 rings (SSSR count). The van der Waals surface area contributed by atoms with Gasteiger partial charge in [0.15, 0.2) is 41.5 Å². The van der Waals surface area contributed by atoms with Gasteiger partial charge in [-0.2, -0.15) is 0 Å². The lowest BCUT2D eigenvalue weighted by molar-refractivity contribution is -0.339. The molecule has 0 spiro atoms. The number of nitrogens with one attached hydrogen (secondary N) is 4. The van der Waals surface area contributed by atoms with E-state index in [4.69, 9.17) is 63.1 Å². The Kier molecular flexibility index (Phi) is 24.2. The Hall–Kier alpha value is -8.76. The van der Waals surface area contributed by atoms with Gasteiger partial charge in [0.2, 0.25) is 41.6 Å². The first-order valence-electron chi connectivity index (χ1n) is 33.9. The van der Waals surface area contributed by atoms with Crippen molar-refractivity contribution in [2.45, 2.75) is 177 Å². The number of aliphatic hydroxyl groups excluding tert-OH is 6. The zero-order valence-corrected chi connectivity index (χ0v) is 58.6. The van der Waals surface area contributed by atoms with Crippen molar-refractivity contribution in [2.75, 3.05) is 13.2 Å². The SMILES string of the molecule is CC[C@H](CC(C)C)C(=O)N[C@H]1C(=O)C[C@@H](CC(N)=O)C(=O)N[C@H]2C(=O)C[C@H]3C(=O)N[C@H](C(=O)N[C@@H](C(=O)O)c4cc(O)cc(O)c4-c4cc3ccc4O)[C@H](O)c3ccc(c(Cl)c3)Oc3cc2cc(c3O[C@@H]2O[C@H](CO)[C@@H](O)[C@H](O)[C@H]2O[C@H]2C[C@](C)(CCCN)[C@H](O)[C@H](C)O2)Oc2ccc(cc2Cl)[C@H]1O. The summed E-state index contributed by atoms with van der Waals surface area (Å²) in [5, 5.41) is 125. The number of ether oxygens (including phenoxy) is 6. The lowest BCUT2D eigenvalue weighted by Crippen LogP contribution is -2.62. The summed E-state index contributed by atoms with van der Waals surface area (Å²) < 4.78 is 39.1. The van der Waals surface area contributed by atoms with Crippen molar-refractivity contribution in [1.82, 2.24) is 21.3 Å². The van der Waals surface area contributed by atoms with Crippen LogP contribution in [0.1, 0.15) is 144 Å². The molecule has 2 saturated heterocycles. The molecule has 5 amide bonds. The number of aliphatic hydroxyl groups is 6. The van der Waals surface area contributed by atoms with E-state index in [0.29, 0.717) is 25.7 Å². The molecule has 5 aromatic rings. The zero-order chi connectivity index (χ0) is 75.7. The number of carboxylic acids is 1. The van der Waals surface area contributed by atoms with E-state index in [1.165, 1.54) is 24.3 Å². The van der Waals surface area contributed by atoms with Crippen molar-refractivity contribution in [3.8, 4) is 57.1 Å². The highest BCUT2D eigenvalue weighted by Gasteiger charge is 2.52. The number of ketones is 2. The smallest absolute Gasteiger partial charge is 0.330 e. The van der Waals surface area contributed by atoms with Gasteiger partial charge in [-0.25, -0.2) is 4.79 Å². The summed E-state index contributed by atoms with van der Waals surface area (Å²) in [6.45, 7) is 8.21. The Balaban J connectivity index is 1.24. The molecule has 2 fully saturated rings. The second-order valence-corrected chi connectivity index (χ2v) is 28.4. The van der Waals surface area contributed by atoms with Gasteiger partial charge < -0.3 is 112 Å². The van der Waals surface area contributed by atoms with Crippen molar-refractivity contribution >= 4 is 70.3 Å². The van der Waals surface area contributed by atoms with Gasteiger partial charge in [0.25, 0.3) is 0 Å². The monoisotopic (exact) mass is 1490 g/mol. The number of hydrogen-bond acceptors (Lipinski definition) is 24. The summed E-state index contributed by atoms with van der Waals surface area (Å²) >= 11 is 14.2. The molecule has 0 unspecified atom stereocenters. The molecule has 7 aliphatic rings. The number of hydrogen-bond donors (Lipinski definition) is 16. The number of carbonyl (C=O) groups excluding carboxylic acids is 7. The Morgan fingerprint density at radius 3 is 1.99 bits per heavy atom. The van der Waals surface area contributed by atoms with Gasteiger partial charge in [-0.3, -0.25) is 33.6 Å². The lowest BCUT2D eigenvalue weighted by atomic mass is 9.73. The van der Waals surface area contributed by atoms with E-state index in [-0.39, 0.29) is 57.7 Å². The van der Waals surface area contributed by atoms with Crippen molar-refractivity contribution in [3.63, 3.8) is 0 Å². The van der Waals surface area contributed by atoms with Crippen LogP contribution < -0.4 is 46.9 Å². The highest BCUT2D eigenvalue weighted by Crippen LogP contribution is 2.51. The maximum atomic E-state index is 16.2. The summed E-state index contributed by atoms with van der Waals surface area (Å²) in [6.07, 6.45) is -18.2. The van der Waals surface area contributed by atoms with E-state index in [1.807, 2.05) is 13.8 Å². The summed E-state index contributed by atoms with van der Waals surface area (Å²) in [6, 6.07) is 5.79. The highest BCUT2D eigenvalue weighted by molar-refractivity contribution is 6.32. The number of nitrogens with two attached hydrogens (primary N) is 2. The average molecular weight is 1490 g/mol. The molecule has 0 aliphatic carbocycles. The predicted octanol–water partition coefficient (Wildman–Crippen LogP) is 4.55. The van der Waals surface area contributed by atoms with E-state index >= 15 is 19.2 Å². The first-order valence-corrected chi connectivity index (χ1v) is 34.6. The van der Waals surface area contributed by atoms with E-state index in [1.54, 1.807) is 20.8 Å². The van der Waals surface area contributed by atoms with E-state index in [0.717, 1.165) is 54.6 Å². The van der Waals surface area contributed by atoms with Gasteiger partial charge in [0.05, 0.1) is 40.7 Å². The number of aromatic hydroxyl groups is 3. The maximum absolute atomic E-state index is 16.2. The molecule has 18 atom stereocenters. The first-order chi connectivity index (χ1) is 49.2. The fraction of sp³-hybridized carbons (Fsp3) is 0.472. The second-order valence-electron chi connectivity index (χ2n) is 27.6. The van der Waals surface area contributed by atoms with Crippen molar-refractivity contribution in [3.05, 3.63) is 117 Å². The minimum Gasteiger partial charge on any atom is -0.508 e. The van der Waals surface area contributed by atoms with Crippen LogP contribution in [0.25, 0.3) is 11.1 Å². The third kappa shape index (κ3) is 16.7. The van der Waals surface area contributed by atoms with Crippen LogP contribution in [-0.2, 0) is 52.6 Å². The number of fused-ring (bicyclic) bond motifs is 15. The molecule has 5 aromatic carbocycles. The maximum Gasteiger partial charge on any atom is 0.330 e. The minimum absolute atomic E-state index is 0.0140. The first kappa shape index (κ1) is 77.8. The third-order valence-electron chi connectivity index (χ3n) is 19.6. The fourth-order valence-electron chi connectivity index (χ4n) is 14.0. The predicted molar refractivity (Wildman–Crippen MR) is 367 cm³/mol. The highest BCUT2D eigenvalue weighted by atomic mass is 35.5. The molecule has 7 heterocycles. The number of carboxylic acid groups (broad SMARTS) is 1. The van der Waals surface area contributed by atoms with Crippen LogP contribution in [-0.4, -0.2) is 173 Å². The number of benzene rings is 5. The van der Waals surface area contributed by atoms with E-state index in [9.17, 15) is 70.2 Å². The Labute approximate surface area is 605 Å². The molecule has 560 valence electrons. The quantitative estimate of drug-likeness (QED) is 0.0644. The van der Waals surface area contributed by atoms with Crippen LogP contribution in [0, 0.1) is 23.2 Å². The van der Waals surface area contributed by atoms with Gasteiger partial charge in [0.1, 0.15) is 77.4 Å². The molecule has 18 N–H and O–H groups in total. The number of aliphatic carboxylic acids is 1. The van der Waals surface area contributed by atoms with Gasteiger partial charge in [0, 0.05) is 59.8 Å². The zero-order valence-electron chi connectivity index (χ0n) is 57.1. The minimum atomic E-state index is -2.24. The van der Waals surface area contributed by atoms with Crippen LogP contribution in [0.5, 0.6) is 46.0 Å². The molecular formula is C72H84Cl2N6O24. The Bertz CT molecular complexity index is 4130. The summed E-state index contributed by atoms with van der Waals surface area (Å²) in [5.41, 5.74) is 8.45. The number of rotatable bonds is 16. The van der Waals surface area contributed by atoms with Gasteiger partial charge in [-0.15, -0.1) is 0 Å². The standard InChI is InChI=1S/C72H84Cl2N6O24/c1-6-31(16-29(2)3)66(93)79-57-45(85)20-36(23-52(76)87)67(94)77-55-35-21-49(100-47-12-9-33(59(57)88)18-41(47)73)63(104-71-64(62(91)61(90)51(28-81)102-71)103-53-27-72(5,14-7-15-75)65(92)30(4)99-53)50(22-35)101-48-13-10-34(19-42(48)74)60(89)58-69(96)78-56(70(97)98)40-24-37(82)25-44(84)54(40)39-17-32(8-11-43(39)83)38(26-46(55)86)68(95)80-58/h8-13,17-19,21-22,24-25,29-31,36,38,51,53,55-62,64-65,71,81-84,88-92H,6-7,14-16,20,23,26-28,75H2,1-5H3,(H2,76,87)(H,77,94)(H,78,96)(H,79,93)(H,80,95)(H,97,98)/t30-,31+,36-,38+,51+,53-,55+,56+,57-,58-,59+,60+,61+,62-,64+,65+,71-,72-/m0/s1. The molecule has 0 saturated carbocycles. The second kappa shape index (κ2) is 32.3. The van der Waals surface area contributed by atoms with Crippen LogP contribution in [0.4, 0.5) is 0 Å². The van der Waals surface area contributed by atoms with E-state index < -0.39 is 238 Å². The lowest BCUT2D eigenvalue weighted by Gasteiger charge is -2.48. The van der Waals surface area contributed by atoms with Crippen LogP contribution >= 0.6 is 23.2 Å². The number of Topliss-reactive ketones (excluding diaryl/α,β-unsaturated/α-hetero) is 2. The van der Waals surface area contributed by atoms with Crippen molar-refractivity contribution < 1.29 is 118 Å². The number of amides is 5. The summed E-state index contributed by atoms with van der Waals surface area (Å²) in [7, 11) is 0. The molecule has 32 heteroatoms. The molecule has 0 radical (unpaired) electrons. The van der Waals surface area contributed by atoms with Crippen LogP contribution in [0.3, 0.4) is 0 Å². The normalized spacial score (nSPS) is 29.1. The molecule has 11 bridgehead atoms. The van der Waals surface area contributed by atoms with Crippen LogP contribution in [0.2, 0.25) is 10.0 Å². The molecule has 104 heavy (non-hydrogen) atoms. The summed E-state index contributed by atoms with van der Waals surface area (Å²) in [5.74, 6) is -18.8.